The molecule has 0 aromatic rings. The molecule has 7 atom stereocenters. The molecule has 4 fully saturated rings. The van der Waals surface area contributed by atoms with Crippen molar-refractivity contribution in [3.8, 4) is 11.8 Å². The largest absolute Gasteiger partial charge is 0.395 e. The summed E-state index contributed by atoms with van der Waals surface area (Å²) in [6, 6.07) is 0. The number of ether oxygens (including phenoxy) is 2. The lowest BCUT2D eigenvalue weighted by Gasteiger charge is -2.61. The van der Waals surface area contributed by atoms with E-state index in [2.05, 4.69) is 38.7 Å². The van der Waals surface area contributed by atoms with Crippen LogP contribution in [0.3, 0.4) is 0 Å². The highest BCUT2D eigenvalue weighted by Crippen LogP contribution is 2.69. The van der Waals surface area contributed by atoms with Gasteiger partial charge in [0.05, 0.1) is 19.8 Å². The maximum atomic E-state index is 11.6. The minimum absolute atomic E-state index is 0.0637. The van der Waals surface area contributed by atoms with E-state index in [1.807, 2.05) is 0 Å². The number of allylic oxidation sites excluding steroid dienone is 1. The predicted molar refractivity (Wildman–Crippen MR) is 115 cm³/mol. The Balaban J connectivity index is 1.45. The molecule has 0 amide bonds. The van der Waals surface area contributed by atoms with E-state index < -0.39 is 11.4 Å². The molecule has 30 heavy (non-hydrogen) atoms. The zero-order valence-corrected chi connectivity index (χ0v) is 18.9. The topological polar surface area (TPSA) is 58.9 Å². The molecular formula is C26H38O4. The summed E-state index contributed by atoms with van der Waals surface area (Å²) in [5.74, 6) is 8.24. The van der Waals surface area contributed by atoms with Crippen LogP contribution in [0.4, 0.5) is 0 Å². The van der Waals surface area contributed by atoms with E-state index in [4.69, 9.17) is 14.6 Å². The highest BCUT2D eigenvalue weighted by Gasteiger charge is 2.65. The second-order valence-corrected chi connectivity index (χ2v) is 11.1. The smallest absolute Gasteiger partial charge is 0.188 e. The first kappa shape index (κ1) is 21.0. The lowest BCUT2D eigenvalue weighted by molar-refractivity contribution is -0.173. The minimum atomic E-state index is -0.900. The number of hydrogen-bond donors (Lipinski definition) is 2. The molecule has 166 valence electrons. The summed E-state index contributed by atoms with van der Waals surface area (Å²) < 4.78 is 12.2. The maximum Gasteiger partial charge on any atom is 0.188 e. The van der Waals surface area contributed by atoms with Crippen molar-refractivity contribution in [1.29, 1.82) is 0 Å². The first-order valence-electron chi connectivity index (χ1n) is 12.1. The molecule has 1 saturated heterocycles. The van der Waals surface area contributed by atoms with Crippen molar-refractivity contribution < 1.29 is 19.7 Å². The summed E-state index contributed by atoms with van der Waals surface area (Å²) in [6.07, 6.45) is 10.3. The molecule has 1 heterocycles. The van der Waals surface area contributed by atoms with Crippen molar-refractivity contribution >= 4 is 0 Å². The molecule has 0 unspecified atom stereocenters. The maximum absolute atomic E-state index is 11.6. The van der Waals surface area contributed by atoms with Crippen molar-refractivity contribution in [3.05, 3.63) is 11.6 Å². The summed E-state index contributed by atoms with van der Waals surface area (Å²) in [4.78, 5) is 0. The SMILES string of the molecule is CC1=CC2(C[C@@H]3CC[C@@H]4[C@H](CC[C@@]5(C)[C@H]4CC[C@@]5(O)C#CCCO)[C@@]13C)OCCO2. The van der Waals surface area contributed by atoms with Crippen molar-refractivity contribution in [2.75, 3.05) is 19.8 Å². The van der Waals surface area contributed by atoms with E-state index >= 15 is 0 Å². The standard InChI is InChI=1S/C26H38O4/c1-18-16-26(29-14-15-30-26)17-19-6-7-20-21-9-12-25(28,10-4-5-13-27)23(21,2)11-8-22(20)24(18,19)3/h16,19-22,27-28H,5-9,11-15,17H2,1-3H3/t19-,20-,21-,22-,23-,24-,25-/m0/s1. The van der Waals surface area contributed by atoms with Gasteiger partial charge in [-0.2, -0.15) is 0 Å². The summed E-state index contributed by atoms with van der Waals surface area (Å²) in [5.41, 5.74) is 0.622. The van der Waals surface area contributed by atoms with Crippen LogP contribution in [-0.4, -0.2) is 41.4 Å². The molecule has 0 aromatic heterocycles. The van der Waals surface area contributed by atoms with Gasteiger partial charge < -0.3 is 19.7 Å². The van der Waals surface area contributed by atoms with E-state index in [1.54, 1.807) is 0 Å². The van der Waals surface area contributed by atoms with Crippen LogP contribution in [0.2, 0.25) is 0 Å². The van der Waals surface area contributed by atoms with Crippen LogP contribution in [0.5, 0.6) is 0 Å². The van der Waals surface area contributed by atoms with E-state index in [9.17, 15) is 5.11 Å². The molecule has 2 N–H and O–H groups in total. The van der Waals surface area contributed by atoms with Crippen LogP contribution in [0.25, 0.3) is 0 Å². The number of hydrogen-bond acceptors (Lipinski definition) is 4. The highest BCUT2D eigenvalue weighted by molar-refractivity contribution is 5.30. The number of fused-ring (bicyclic) bond motifs is 5. The van der Waals surface area contributed by atoms with Crippen LogP contribution in [0.1, 0.15) is 72.1 Å². The first-order chi connectivity index (χ1) is 14.3. The summed E-state index contributed by atoms with van der Waals surface area (Å²) in [7, 11) is 0. The molecule has 5 aliphatic rings. The van der Waals surface area contributed by atoms with E-state index in [-0.39, 0.29) is 17.4 Å². The third kappa shape index (κ3) is 2.75. The van der Waals surface area contributed by atoms with E-state index in [0.29, 0.717) is 43.3 Å². The second kappa shape index (κ2) is 7.07. The lowest BCUT2D eigenvalue weighted by atomic mass is 9.44. The van der Waals surface area contributed by atoms with Gasteiger partial charge in [-0.05, 0) is 80.6 Å². The Labute approximate surface area is 181 Å². The average Bonchev–Trinajstić information content (AvgIpc) is 3.26. The van der Waals surface area contributed by atoms with Gasteiger partial charge in [-0.25, -0.2) is 0 Å². The van der Waals surface area contributed by atoms with Crippen LogP contribution in [0.15, 0.2) is 11.6 Å². The summed E-state index contributed by atoms with van der Waals surface area (Å²) >= 11 is 0. The molecule has 4 nitrogen and oxygen atoms in total. The van der Waals surface area contributed by atoms with Gasteiger partial charge in [0.2, 0.25) is 0 Å². The van der Waals surface area contributed by atoms with Crippen LogP contribution < -0.4 is 0 Å². The monoisotopic (exact) mass is 414 g/mol. The highest BCUT2D eigenvalue weighted by atomic mass is 16.7. The molecular weight excluding hydrogens is 376 g/mol. The zero-order valence-electron chi connectivity index (χ0n) is 18.9. The van der Waals surface area contributed by atoms with Gasteiger partial charge in [-0.1, -0.05) is 31.3 Å². The quantitative estimate of drug-likeness (QED) is 0.502. The molecule has 3 saturated carbocycles. The summed E-state index contributed by atoms with van der Waals surface area (Å²) in [5, 5.41) is 20.7. The summed E-state index contributed by atoms with van der Waals surface area (Å²) in [6.45, 7) is 8.58. The van der Waals surface area contributed by atoms with Gasteiger partial charge >= 0.3 is 0 Å². The second-order valence-electron chi connectivity index (χ2n) is 11.1. The van der Waals surface area contributed by atoms with Crippen molar-refractivity contribution in [2.24, 2.45) is 34.5 Å². The Kier molecular flexibility index (Phi) is 4.95. The molecule has 0 radical (unpaired) electrons. The van der Waals surface area contributed by atoms with Gasteiger partial charge in [-0.3, -0.25) is 0 Å². The van der Waals surface area contributed by atoms with E-state index in [0.717, 1.165) is 32.1 Å². The Morgan fingerprint density at radius 2 is 1.80 bits per heavy atom. The van der Waals surface area contributed by atoms with Crippen LogP contribution >= 0.6 is 0 Å². The fourth-order valence-corrected chi connectivity index (χ4v) is 8.40. The number of aliphatic hydroxyl groups excluding tert-OH is 1. The number of rotatable bonds is 1. The molecule has 1 aliphatic heterocycles. The van der Waals surface area contributed by atoms with Gasteiger partial charge in [0.15, 0.2) is 5.79 Å². The van der Waals surface area contributed by atoms with E-state index in [1.165, 1.54) is 18.4 Å². The third-order valence-corrected chi connectivity index (χ3v) is 10.2. The van der Waals surface area contributed by atoms with Crippen molar-refractivity contribution in [1.82, 2.24) is 0 Å². The van der Waals surface area contributed by atoms with Gasteiger partial charge in [-0.15, -0.1) is 0 Å². The Morgan fingerprint density at radius 3 is 2.53 bits per heavy atom. The molecule has 0 aromatic carbocycles. The Morgan fingerprint density at radius 1 is 1.07 bits per heavy atom. The van der Waals surface area contributed by atoms with Crippen molar-refractivity contribution in [2.45, 2.75) is 83.5 Å². The van der Waals surface area contributed by atoms with Crippen LogP contribution in [-0.2, 0) is 9.47 Å². The fourth-order valence-electron chi connectivity index (χ4n) is 8.40. The lowest BCUT2D eigenvalue weighted by Crippen LogP contribution is -2.57. The molecule has 1 spiro atoms. The molecule has 4 aliphatic carbocycles. The van der Waals surface area contributed by atoms with Gasteiger partial charge in [0, 0.05) is 18.3 Å². The molecule has 4 heteroatoms. The average molecular weight is 415 g/mol. The minimum Gasteiger partial charge on any atom is -0.395 e. The fraction of sp³-hybridized carbons (Fsp3) is 0.846. The van der Waals surface area contributed by atoms with Gasteiger partial charge in [0.1, 0.15) is 5.60 Å². The number of aliphatic hydroxyl groups is 2. The Bertz CT molecular complexity index is 787. The zero-order chi connectivity index (χ0) is 21.2. The molecule has 0 bridgehead atoms. The molecule has 5 rings (SSSR count). The Hall–Kier alpha value is -0.860. The normalized spacial score (nSPS) is 48.9. The van der Waals surface area contributed by atoms with Crippen LogP contribution in [0, 0.1) is 46.3 Å². The third-order valence-electron chi connectivity index (χ3n) is 10.2. The van der Waals surface area contributed by atoms with Crippen molar-refractivity contribution in [3.63, 3.8) is 0 Å². The predicted octanol–water partition coefficient (Wildman–Crippen LogP) is 4.06. The first-order valence-corrected chi connectivity index (χ1v) is 12.1. The van der Waals surface area contributed by atoms with Gasteiger partial charge in [0.25, 0.3) is 0 Å².